The van der Waals surface area contributed by atoms with E-state index in [9.17, 15) is 4.79 Å². The monoisotopic (exact) mass is 341 g/mol. The van der Waals surface area contributed by atoms with E-state index in [1.54, 1.807) is 7.11 Å². The molecule has 1 N–H and O–H groups in total. The second kappa shape index (κ2) is 7.40. The Hall–Kier alpha value is -2.14. The SMILES string of the molecule is COC(C)(C)C(=O)N1CCC[C@H](c2[nH]ncc2Cc2ccccc2)C1. The molecular weight excluding hydrogens is 314 g/mol. The summed E-state index contributed by atoms with van der Waals surface area (Å²) in [6.07, 6.45) is 4.85. The summed E-state index contributed by atoms with van der Waals surface area (Å²) in [6.45, 7) is 5.17. The zero-order chi connectivity index (χ0) is 17.9. The summed E-state index contributed by atoms with van der Waals surface area (Å²) < 4.78 is 5.37. The fourth-order valence-electron chi connectivity index (χ4n) is 3.50. The molecule has 0 bridgehead atoms. The van der Waals surface area contributed by atoms with Crippen LogP contribution in [0.3, 0.4) is 0 Å². The van der Waals surface area contributed by atoms with Crippen molar-refractivity contribution in [2.24, 2.45) is 0 Å². The van der Waals surface area contributed by atoms with E-state index in [4.69, 9.17) is 4.74 Å². The second-order valence-electron chi connectivity index (χ2n) is 7.28. The highest BCUT2D eigenvalue weighted by Gasteiger charge is 2.35. The highest BCUT2D eigenvalue weighted by molar-refractivity contribution is 5.84. The summed E-state index contributed by atoms with van der Waals surface area (Å²) in [5.41, 5.74) is 2.88. The first-order valence-corrected chi connectivity index (χ1v) is 8.92. The van der Waals surface area contributed by atoms with Gasteiger partial charge in [0, 0.05) is 38.2 Å². The molecule has 0 radical (unpaired) electrons. The minimum atomic E-state index is -0.775. The Kier molecular flexibility index (Phi) is 5.23. The summed E-state index contributed by atoms with van der Waals surface area (Å²) in [4.78, 5) is 14.7. The molecule has 3 rings (SSSR count). The fraction of sp³-hybridized carbons (Fsp3) is 0.500. The van der Waals surface area contributed by atoms with Crippen LogP contribution in [0.15, 0.2) is 36.5 Å². The maximum atomic E-state index is 12.7. The van der Waals surface area contributed by atoms with E-state index in [2.05, 4.69) is 34.5 Å². The molecule has 0 spiro atoms. The summed E-state index contributed by atoms with van der Waals surface area (Å²) in [6, 6.07) is 10.4. The van der Waals surface area contributed by atoms with Gasteiger partial charge in [-0.1, -0.05) is 30.3 Å². The lowest BCUT2D eigenvalue weighted by Crippen LogP contribution is -2.49. The van der Waals surface area contributed by atoms with Crippen LogP contribution in [0.5, 0.6) is 0 Å². The van der Waals surface area contributed by atoms with Gasteiger partial charge in [0.25, 0.3) is 5.91 Å². The Morgan fingerprint density at radius 2 is 2.12 bits per heavy atom. The Balaban J connectivity index is 1.74. The van der Waals surface area contributed by atoms with Crippen molar-refractivity contribution in [3.05, 3.63) is 53.3 Å². The molecule has 1 amide bonds. The number of H-pyrrole nitrogens is 1. The van der Waals surface area contributed by atoms with Crippen molar-refractivity contribution in [3.8, 4) is 0 Å². The van der Waals surface area contributed by atoms with Gasteiger partial charge in [-0.3, -0.25) is 9.89 Å². The third-order valence-electron chi connectivity index (χ3n) is 5.13. The summed E-state index contributed by atoms with van der Waals surface area (Å²) in [7, 11) is 1.59. The average Bonchev–Trinajstić information content (AvgIpc) is 3.10. The van der Waals surface area contributed by atoms with Gasteiger partial charge in [0.1, 0.15) is 5.60 Å². The average molecular weight is 341 g/mol. The van der Waals surface area contributed by atoms with Crippen LogP contribution in [-0.2, 0) is 16.0 Å². The number of piperidine rings is 1. The van der Waals surface area contributed by atoms with Gasteiger partial charge < -0.3 is 9.64 Å². The van der Waals surface area contributed by atoms with E-state index in [-0.39, 0.29) is 5.91 Å². The number of hydrogen-bond donors (Lipinski definition) is 1. The number of carbonyl (C=O) groups is 1. The van der Waals surface area contributed by atoms with Crippen LogP contribution in [0.4, 0.5) is 0 Å². The van der Waals surface area contributed by atoms with E-state index < -0.39 is 5.60 Å². The van der Waals surface area contributed by atoms with Crippen LogP contribution in [0.2, 0.25) is 0 Å². The van der Waals surface area contributed by atoms with Crippen LogP contribution < -0.4 is 0 Å². The molecule has 0 saturated carbocycles. The fourth-order valence-corrected chi connectivity index (χ4v) is 3.50. The van der Waals surface area contributed by atoms with Crippen molar-refractivity contribution in [2.45, 2.75) is 44.6 Å². The first-order chi connectivity index (χ1) is 12.0. The lowest BCUT2D eigenvalue weighted by molar-refractivity contribution is -0.152. The molecule has 1 aliphatic rings. The largest absolute Gasteiger partial charge is 0.369 e. The van der Waals surface area contributed by atoms with Crippen molar-refractivity contribution >= 4 is 5.91 Å². The Labute approximate surface area is 149 Å². The molecule has 1 aromatic carbocycles. The van der Waals surface area contributed by atoms with E-state index >= 15 is 0 Å². The van der Waals surface area contributed by atoms with Crippen molar-refractivity contribution in [2.75, 3.05) is 20.2 Å². The number of methoxy groups -OCH3 is 1. The molecule has 1 saturated heterocycles. The number of aromatic amines is 1. The number of likely N-dealkylation sites (tertiary alicyclic amines) is 1. The Morgan fingerprint density at radius 3 is 2.84 bits per heavy atom. The van der Waals surface area contributed by atoms with Crippen LogP contribution in [-0.4, -0.2) is 46.8 Å². The smallest absolute Gasteiger partial charge is 0.254 e. The van der Waals surface area contributed by atoms with Gasteiger partial charge in [0.2, 0.25) is 0 Å². The van der Waals surface area contributed by atoms with Gasteiger partial charge in [-0.2, -0.15) is 5.10 Å². The molecule has 5 heteroatoms. The Morgan fingerprint density at radius 1 is 1.36 bits per heavy atom. The van der Waals surface area contributed by atoms with E-state index in [0.29, 0.717) is 5.92 Å². The maximum absolute atomic E-state index is 12.7. The van der Waals surface area contributed by atoms with Crippen molar-refractivity contribution < 1.29 is 9.53 Å². The number of nitrogens with zero attached hydrogens (tertiary/aromatic N) is 2. The predicted molar refractivity (Wildman–Crippen MR) is 97.5 cm³/mol. The standard InChI is InChI=1S/C20H27N3O2/c1-20(2,25-3)19(24)23-11-7-10-16(14-23)18-17(13-21-22-18)12-15-8-5-4-6-9-15/h4-6,8-9,13,16H,7,10-12,14H2,1-3H3,(H,21,22)/t16-/m0/s1. The molecule has 0 unspecified atom stereocenters. The van der Waals surface area contributed by atoms with Gasteiger partial charge in [-0.15, -0.1) is 0 Å². The second-order valence-corrected chi connectivity index (χ2v) is 7.28. The van der Waals surface area contributed by atoms with Crippen molar-refractivity contribution in [3.63, 3.8) is 0 Å². The molecule has 25 heavy (non-hydrogen) atoms. The van der Waals surface area contributed by atoms with Gasteiger partial charge in [-0.25, -0.2) is 0 Å². The van der Waals surface area contributed by atoms with Crippen LogP contribution in [0.1, 0.15) is 49.4 Å². The molecule has 1 aromatic heterocycles. The normalized spacial score (nSPS) is 18.4. The lowest BCUT2D eigenvalue weighted by Gasteiger charge is -2.37. The molecule has 2 heterocycles. The molecule has 134 valence electrons. The van der Waals surface area contributed by atoms with E-state index in [1.807, 2.05) is 31.0 Å². The Bertz CT molecular complexity index is 709. The molecule has 2 aromatic rings. The lowest BCUT2D eigenvalue weighted by atomic mass is 9.90. The number of ether oxygens (including phenoxy) is 1. The van der Waals surface area contributed by atoms with E-state index in [0.717, 1.165) is 38.0 Å². The van der Waals surface area contributed by atoms with Crippen LogP contribution in [0.25, 0.3) is 0 Å². The maximum Gasteiger partial charge on any atom is 0.254 e. The third kappa shape index (κ3) is 3.93. The van der Waals surface area contributed by atoms with Gasteiger partial charge in [-0.05, 0) is 37.8 Å². The number of rotatable bonds is 5. The summed E-state index contributed by atoms with van der Waals surface area (Å²) >= 11 is 0. The molecular formula is C20H27N3O2. The third-order valence-corrected chi connectivity index (χ3v) is 5.13. The van der Waals surface area contributed by atoms with Crippen molar-refractivity contribution in [1.29, 1.82) is 0 Å². The zero-order valence-electron chi connectivity index (χ0n) is 15.3. The first kappa shape index (κ1) is 17.7. The number of aromatic nitrogens is 2. The number of amides is 1. The quantitative estimate of drug-likeness (QED) is 0.909. The topological polar surface area (TPSA) is 58.2 Å². The highest BCUT2D eigenvalue weighted by atomic mass is 16.5. The number of benzene rings is 1. The van der Waals surface area contributed by atoms with Gasteiger partial charge in [0.05, 0.1) is 6.20 Å². The van der Waals surface area contributed by atoms with Crippen LogP contribution in [0, 0.1) is 0 Å². The zero-order valence-corrected chi connectivity index (χ0v) is 15.3. The van der Waals surface area contributed by atoms with E-state index in [1.165, 1.54) is 11.1 Å². The number of nitrogens with one attached hydrogen (secondary N) is 1. The predicted octanol–water partition coefficient (Wildman–Crippen LogP) is 3.13. The summed E-state index contributed by atoms with van der Waals surface area (Å²) in [5.74, 6) is 0.357. The molecule has 0 aliphatic carbocycles. The molecule has 1 fully saturated rings. The molecule has 1 aliphatic heterocycles. The minimum Gasteiger partial charge on any atom is -0.369 e. The van der Waals surface area contributed by atoms with Gasteiger partial charge >= 0.3 is 0 Å². The molecule has 5 nitrogen and oxygen atoms in total. The van der Waals surface area contributed by atoms with Gasteiger partial charge in [0.15, 0.2) is 0 Å². The number of carbonyl (C=O) groups excluding carboxylic acids is 1. The summed E-state index contributed by atoms with van der Waals surface area (Å²) in [5, 5.41) is 7.46. The number of hydrogen-bond acceptors (Lipinski definition) is 3. The van der Waals surface area contributed by atoms with Crippen molar-refractivity contribution in [1.82, 2.24) is 15.1 Å². The van der Waals surface area contributed by atoms with Crippen LogP contribution >= 0.6 is 0 Å². The minimum absolute atomic E-state index is 0.0591. The molecule has 1 atom stereocenters. The highest BCUT2D eigenvalue weighted by Crippen LogP contribution is 2.30. The first-order valence-electron chi connectivity index (χ1n) is 8.92.